The Morgan fingerprint density at radius 2 is 1.61 bits per heavy atom. The Morgan fingerprint density at radius 3 is 2.24 bits per heavy atom. The lowest BCUT2D eigenvalue weighted by Gasteiger charge is -2.30. The molecular formula is C25H25N3O5. The Bertz CT molecular complexity index is 1120. The number of ether oxygens (including phenoxy) is 2. The van der Waals surface area contributed by atoms with Crippen LogP contribution in [0.5, 0.6) is 0 Å². The van der Waals surface area contributed by atoms with Crippen LogP contribution in [0.15, 0.2) is 66.9 Å². The Hall–Kier alpha value is -3.94. The molecule has 1 amide bonds. The van der Waals surface area contributed by atoms with Gasteiger partial charge in [0, 0.05) is 24.8 Å². The van der Waals surface area contributed by atoms with Crippen LogP contribution in [0.2, 0.25) is 0 Å². The maximum absolute atomic E-state index is 12.9. The second kappa shape index (κ2) is 10.1. The van der Waals surface area contributed by atoms with E-state index in [9.17, 15) is 14.4 Å². The van der Waals surface area contributed by atoms with Gasteiger partial charge in [0.2, 0.25) is 0 Å². The standard InChI is InChI=1S/C25H25N3O5/c1-32-24(30)19-12-14-27(15-13-19)22(29)17-33-25(31)21-16-28(20-10-6-3-7-11-20)26-23(21)18-8-4-2-5-9-18/h2-11,16,19H,12-15,17H2,1H3. The molecule has 0 spiro atoms. The van der Waals surface area contributed by atoms with E-state index in [1.54, 1.807) is 15.8 Å². The van der Waals surface area contributed by atoms with E-state index in [0.29, 0.717) is 31.6 Å². The number of benzene rings is 2. The highest BCUT2D eigenvalue weighted by Gasteiger charge is 2.29. The van der Waals surface area contributed by atoms with E-state index in [0.717, 1.165) is 11.3 Å². The summed E-state index contributed by atoms with van der Waals surface area (Å²) in [7, 11) is 1.36. The number of amides is 1. The summed E-state index contributed by atoms with van der Waals surface area (Å²) in [5, 5.41) is 4.60. The van der Waals surface area contributed by atoms with Crippen molar-refractivity contribution in [2.75, 3.05) is 26.8 Å². The number of esters is 2. The van der Waals surface area contributed by atoms with Gasteiger partial charge in [-0.1, -0.05) is 48.5 Å². The third kappa shape index (κ3) is 5.11. The molecule has 1 aliphatic heterocycles. The van der Waals surface area contributed by atoms with E-state index in [1.807, 2.05) is 60.7 Å². The zero-order chi connectivity index (χ0) is 23.2. The SMILES string of the molecule is COC(=O)C1CCN(C(=O)COC(=O)c2cn(-c3ccccc3)nc2-c2ccccc2)CC1. The van der Waals surface area contributed by atoms with Crippen molar-refractivity contribution in [3.63, 3.8) is 0 Å². The summed E-state index contributed by atoms with van der Waals surface area (Å²) in [5.41, 5.74) is 2.34. The van der Waals surface area contributed by atoms with Gasteiger partial charge in [-0.2, -0.15) is 5.10 Å². The molecule has 0 aliphatic carbocycles. The highest BCUT2D eigenvalue weighted by molar-refractivity contribution is 5.97. The zero-order valence-corrected chi connectivity index (χ0v) is 18.3. The van der Waals surface area contributed by atoms with Gasteiger partial charge >= 0.3 is 11.9 Å². The average molecular weight is 447 g/mol. The molecule has 0 N–H and O–H groups in total. The molecule has 0 unspecified atom stereocenters. The van der Waals surface area contributed by atoms with E-state index in [-0.39, 0.29) is 30.0 Å². The maximum Gasteiger partial charge on any atom is 0.342 e. The molecule has 33 heavy (non-hydrogen) atoms. The van der Waals surface area contributed by atoms with E-state index >= 15 is 0 Å². The second-order valence-electron chi connectivity index (χ2n) is 7.79. The quantitative estimate of drug-likeness (QED) is 0.540. The summed E-state index contributed by atoms with van der Waals surface area (Å²) in [6, 6.07) is 18.8. The van der Waals surface area contributed by atoms with Crippen molar-refractivity contribution in [3.8, 4) is 16.9 Å². The molecule has 3 aromatic rings. The summed E-state index contributed by atoms with van der Waals surface area (Å²) in [6.45, 7) is 0.487. The van der Waals surface area contributed by atoms with E-state index < -0.39 is 5.97 Å². The van der Waals surface area contributed by atoms with Crippen molar-refractivity contribution in [1.82, 2.24) is 14.7 Å². The topological polar surface area (TPSA) is 90.7 Å². The van der Waals surface area contributed by atoms with Gasteiger partial charge in [0.1, 0.15) is 11.3 Å². The first-order valence-corrected chi connectivity index (χ1v) is 10.8. The van der Waals surface area contributed by atoms with Gasteiger partial charge in [-0.3, -0.25) is 9.59 Å². The molecule has 0 bridgehead atoms. The molecule has 170 valence electrons. The molecule has 0 saturated carbocycles. The van der Waals surface area contributed by atoms with Gasteiger partial charge in [0.05, 0.1) is 18.7 Å². The average Bonchev–Trinajstić information content (AvgIpc) is 3.33. The summed E-state index contributed by atoms with van der Waals surface area (Å²) in [6.07, 6.45) is 2.69. The van der Waals surface area contributed by atoms with Gasteiger partial charge in [-0.15, -0.1) is 0 Å². The summed E-state index contributed by atoms with van der Waals surface area (Å²) < 4.78 is 11.8. The molecule has 2 aromatic carbocycles. The normalized spacial score (nSPS) is 14.0. The first-order chi connectivity index (χ1) is 16.1. The van der Waals surface area contributed by atoms with Gasteiger partial charge in [-0.05, 0) is 25.0 Å². The maximum atomic E-state index is 12.9. The predicted octanol–water partition coefficient (Wildman–Crippen LogP) is 3.11. The summed E-state index contributed by atoms with van der Waals surface area (Å²) in [4.78, 5) is 38.8. The molecule has 8 nitrogen and oxygen atoms in total. The molecule has 1 fully saturated rings. The number of hydrogen-bond acceptors (Lipinski definition) is 6. The van der Waals surface area contributed by atoms with Gasteiger partial charge in [0.25, 0.3) is 5.91 Å². The third-order valence-electron chi connectivity index (χ3n) is 5.71. The lowest BCUT2D eigenvalue weighted by Crippen LogP contribution is -2.42. The number of carbonyl (C=O) groups excluding carboxylic acids is 3. The number of para-hydroxylation sites is 1. The third-order valence-corrected chi connectivity index (χ3v) is 5.71. The second-order valence-corrected chi connectivity index (χ2v) is 7.79. The van der Waals surface area contributed by atoms with Crippen LogP contribution in [-0.2, 0) is 19.1 Å². The Labute approximate surface area is 191 Å². The van der Waals surface area contributed by atoms with Crippen LogP contribution in [0.1, 0.15) is 23.2 Å². The van der Waals surface area contributed by atoms with E-state index in [1.165, 1.54) is 7.11 Å². The number of nitrogens with zero attached hydrogens (tertiary/aromatic N) is 3. The first-order valence-electron chi connectivity index (χ1n) is 10.8. The summed E-state index contributed by atoms with van der Waals surface area (Å²) in [5.74, 6) is -1.35. The highest BCUT2D eigenvalue weighted by Crippen LogP contribution is 2.24. The van der Waals surface area contributed by atoms with Crippen molar-refractivity contribution >= 4 is 17.8 Å². The molecule has 8 heteroatoms. The van der Waals surface area contributed by atoms with Crippen LogP contribution in [0.3, 0.4) is 0 Å². The zero-order valence-electron chi connectivity index (χ0n) is 18.3. The fraction of sp³-hybridized carbons (Fsp3) is 0.280. The molecule has 1 aromatic heterocycles. The van der Waals surface area contributed by atoms with Crippen molar-refractivity contribution in [3.05, 3.63) is 72.4 Å². The molecule has 1 saturated heterocycles. The highest BCUT2D eigenvalue weighted by atomic mass is 16.5. The molecular weight excluding hydrogens is 422 g/mol. The molecule has 4 rings (SSSR count). The van der Waals surface area contributed by atoms with Crippen molar-refractivity contribution in [2.45, 2.75) is 12.8 Å². The minimum absolute atomic E-state index is 0.196. The number of carbonyl (C=O) groups is 3. The summed E-state index contributed by atoms with van der Waals surface area (Å²) >= 11 is 0. The fourth-order valence-electron chi connectivity index (χ4n) is 3.87. The van der Waals surface area contributed by atoms with Crippen LogP contribution in [-0.4, -0.2) is 59.3 Å². The molecule has 0 radical (unpaired) electrons. The fourth-order valence-corrected chi connectivity index (χ4v) is 3.87. The van der Waals surface area contributed by atoms with Crippen LogP contribution < -0.4 is 0 Å². The number of hydrogen-bond donors (Lipinski definition) is 0. The number of aromatic nitrogens is 2. The number of methoxy groups -OCH3 is 1. The van der Waals surface area contributed by atoms with Crippen LogP contribution in [0, 0.1) is 5.92 Å². The predicted molar refractivity (Wildman–Crippen MR) is 121 cm³/mol. The smallest absolute Gasteiger partial charge is 0.342 e. The lowest BCUT2D eigenvalue weighted by atomic mass is 9.97. The van der Waals surface area contributed by atoms with Crippen molar-refractivity contribution in [2.24, 2.45) is 5.92 Å². The largest absolute Gasteiger partial charge is 0.469 e. The Balaban J connectivity index is 1.46. The van der Waals surface area contributed by atoms with E-state index in [2.05, 4.69) is 5.10 Å². The van der Waals surface area contributed by atoms with E-state index in [4.69, 9.17) is 9.47 Å². The Morgan fingerprint density at radius 1 is 0.970 bits per heavy atom. The lowest BCUT2D eigenvalue weighted by molar-refractivity contribution is -0.149. The van der Waals surface area contributed by atoms with Crippen molar-refractivity contribution < 1.29 is 23.9 Å². The minimum atomic E-state index is -0.617. The Kier molecular flexibility index (Phi) is 6.83. The monoisotopic (exact) mass is 447 g/mol. The molecule has 1 aliphatic rings. The molecule has 2 heterocycles. The van der Waals surface area contributed by atoms with Crippen molar-refractivity contribution in [1.29, 1.82) is 0 Å². The van der Waals surface area contributed by atoms with Crippen LogP contribution in [0.25, 0.3) is 16.9 Å². The first kappa shape index (κ1) is 22.3. The van der Waals surface area contributed by atoms with Gasteiger partial charge in [-0.25, -0.2) is 9.48 Å². The number of piperidine rings is 1. The van der Waals surface area contributed by atoms with Crippen LogP contribution in [0.4, 0.5) is 0 Å². The number of rotatable bonds is 6. The molecule has 0 atom stereocenters. The van der Waals surface area contributed by atoms with Gasteiger partial charge in [0.15, 0.2) is 6.61 Å². The van der Waals surface area contributed by atoms with Gasteiger partial charge < -0.3 is 14.4 Å². The minimum Gasteiger partial charge on any atom is -0.469 e. The van der Waals surface area contributed by atoms with Crippen LogP contribution >= 0.6 is 0 Å². The number of likely N-dealkylation sites (tertiary alicyclic amines) is 1.